The number of amides is 1. The van der Waals surface area contributed by atoms with Crippen LogP contribution in [0.2, 0.25) is 0 Å². The molecule has 30 heavy (non-hydrogen) atoms. The molecule has 0 spiro atoms. The Bertz CT molecular complexity index is 1230. The molecule has 0 unspecified atom stereocenters. The van der Waals surface area contributed by atoms with E-state index >= 15 is 0 Å². The largest absolute Gasteiger partial charge is 0.335 e. The zero-order chi connectivity index (χ0) is 20.3. The molecule has 5 rings (SSSR count). The topological polar surface area (TPSA) is 46.1 Å². The summed E-state index contributed by atoms with van der Waals surface area (Å²) in [6, 6.07) is 24.0. The fourth-order valence-electron chi connectivity index (χ4n) is 3.96. The van der Waals surface area contributed by atoms with Crippen molar-refractivity contribution in [1.29, 1.82) is 0 Å². The van der Waals surface area contributed by atoms with Crippen molar-refractivity contribution in [2.75, 3.05) is 13.1 Å². The van der Waals surface area contributed by atoms with Gasteiger partial charge in [0.1, 0.15) is 0 Å². The molecule has 0 aliphatic carbocycles. The third-order valence-corrected chi connectivity index (χ3v) is 5.56. The standard InChI is InChI=1S/C26H21N3O/c30-26(29-16-12-20(13-17-29)19-6-2-1-3-7-19)23-18-25(21-10-14-27-15-11-21)28-24-9-5-4-8-22(23)24/h1-12,14-15,18H,13,16-17H2. The van der Waals surface area contributed by atoms with Gasteiger partial charge in [0.2, 0.25) is 0 Å². The van der Waals surface area contributed by atoms with Crippen molar-refractivity contribution in [2.24, 2.45) is 0 Å². The van der Waals surface area contributed by atoms with Gasteiger partial charge in [-0.3, -0.25) is 9.78 Å². The molecule has 0 radical (unpaired) electrons. The number of hydrogen-bond acceptors (Lipinski definition) is 3. The van der Waals surface area contributed by atoms with E-state index in [1.54, 1.807) is 12.4 Å². The first kappa shape index (κ1) is 18.3. The van der Waals surface area contributed by atoms with Crippen molar-refractivity contribution in [2.45, 2.75) is 6.42 Å². The summed E-state index contributed by atoms with van der Waals surface area (Å²) in [7, 11) is 0. The van der Waals surface area contributed by atoms with E-state index in [4.69, 9.17) is 4.98 Å². The van der Waals surface area contributed by atoms with Crippen LogP contribution in [0.5, 0.6) is 0 Å². The van der Waals surface area contributed by atoms with Crippen molar-refractivity contribution in [3.8, 4) is 11.3 Å². The molecule has 1 aliphatic heterocycles. The van der Waals surface area contributed by atoms with Gasteiger partial charge in [-0.2, -0.15) is 0 Å². The maximum absolute atomic E-state index is 13.5. The molecule has 0 saturated heterocycles. The van der Waals surface area contributed by atoms with Gasteiger partial charge in [0.25, 0.3) is 5.91 Å². The highest BCUT2D eigenvalue weighted by Gasteiger charge is 2.22. The lowest BCUT2D eigenvalue weighted by molar-refractivity contribution is 0.0775. The SMILES string of the molecule is O=C(c1cc(-c2ccncc2)nc2ccccc12)N1CC=C(c2ccccc2)CC1. The summed E-state index contributed by atoms with van der Waals surface area (Å²) in [5, 5.41) is 0.887. The monoisotopic (exact) mass is 391 g/mol. The van der Waals surface area contributed by atoms with Crippen LogP contribution < -0.4 is 0 Å². The van der Waals surface area contributed by atoms with Gasteiger partial charge in [-0.05, 0) is 41.8 Å². The molecule has 4 heteroatoms. The Morgan fingerprint density at radius 2 is 1.63 bits per heavy atom. The van der Waals surface area contributed by atoms with Crippen LogP contribution in [-0.2, 0) is 0 Å². The Kier molecular flexibility index (Phi) is 4.81. The van der Waals surface area contributed by atoms with E-state index < -0.39 is 0 Å². The first-order chi connectivity index (χ1) is 14.8. The van der Waals surface area contributed by atoms with Gasteiger partial charge >= 0.3 is 0 Å². The Hall–Kier alpha value is -3.79. The second-order valence-electron chi connectivity index (χ2n) is 7.40. The summed E-state index contributed by atoms with van der Waals surface area (Å²) in [6.45, 7) is 1.32. The molecule has 4 nitrogen and oxygen atoms in total. The van der Waals surface area contributed by atoms with Crippen molar-refractivity contribution in [3.05, 3.63) is 102 Å². The number of benzene rings is 2. The highest BCUT2D eigenvalue weighted by molar-refractivity contribution is 6.07. The number of para-hydroxylation sites is 1. The van der Waals surface area contributed by atoms with Crippen LogP contribution >= 0.6 is 0 Å². The van der Waals surface area contributed by atoms with Crippen molar-refractivity contribution >= 4 is 22.4 Å². The van der Waals surface area contributed by atoms with Crippen LogP contribution in [0.25, 0.3) is 27.7 Å². The van der Waals surface area contributed by atoms with E-state index in [0.29, 0.717) is 18.7 Å². The maximum Gasteiger partial charge on any atom is 0.254 e. The number of nitrogens with zero attached hydrogens (tertiary/aromatic N) is 3. The zero-order valence-corrected chi connectivity index (χ0v) is 16.5. The summed E-state index contributed by atoms with van der Waals surface area (Å²) in [5.74, 6) is 0.0484. The summed E-state index contributed by atoms with van der Waals surface area (Å²) in [6.07, 6.45) is 6.52. The average molecular weight is 391 g/mol. The number of aromatic nitrogens is 2. The fraction of sp³-hybridized carbons (Fsp3) is 0.115. The number of carbonyl (C=O) groups is 1. The van der Waals surface area contributed by atoms with E-state index in [-0.39, 0.29) is 5.91 Å². The molecule has 0 fully saturated rings. The molecule has 0 bridgehead atoms. The molecule has 3 heterocycles. The third-order valence-electron chi connectivity index (χ3n) is 5.56. The van der Waals surface area contributed by atoms with E-state index in [9.17, 15) is 4.79 Å². The third kappa shape index (κ3) is 3.48. The van der Waals surface area contributed by atoms with Gasteiger partial charge in [-0.25, -0.2) is 4.98 Å². The average Bonchev–Trinajstić information content (AvgIpc) is 2.84. The molecule has 4 aromatic rings. The van der Waals surface area contributed by atoms with Crippen LogP contribution in [0.3, 0.4) is 0 Å². The highest BCUT2D eigenvalue weighted by atomic mass is 16.2. The molecule has 1 amide bonds. The minimum Gasteiger partial charge on any atom is -0.335 e. The van der Waals surface area contributed by atoms with E-state index in [1.807, 2.05) is 53.4 Å². The van der Waals surface area contributed by atoms with Gasteiger partial charge in [0.05, 0.1) is 16.8 Å². The first-order valence-corrected chi connectivity index (χ1v) is 10.1. The molecule has 2 aromatic heterocycles. The number of fused-ring (bicyclic) bond motifs is 1. The normalized spacial score (nSPS) is 13.9. The Balaban J connectivity index is 1.50. The number of carbonyl (C=O) groups excluding carboxylic acids is 1. The summed E-state index contributed by atoms with van der Waals surface area (Å²) >= 11 is 0. The predicted molar refractivity (Wildman–Crippen MR) is 120 cm³/mol. The lowest BCUT2D eigenvalue weighted by Gasteiger charge is -2.27. The summed E-state index contributed by atoms with van der Waals surface area (Å²) < 4.78 is 0. The van der Waals surface area contributed by atoms with Gasteiger partial charge in [-0.15, -0.1) is 0 Å². The van der Waals surface area contributed by atoms with Crippen molar-refractivity contribution < 1.29 is 4.79 Å². The number of rotatable bonds is 3. The Morgan fingerprint density at radius 3 is 2.40 bits per heavy atom. The molecule has 0 atom stereocenters. The van der Waals surface area contributed by atoms with E-state index in [0.717, 1.165) is 28.6 Å². The predicted octanol–water partition coefficient (Wildman–Crippen LogP) is 5.23. The molecular weight excluding hydrogens is 370 g/mol. The van der Waals surface area contributed by atoms with E-state index in [1.165, 1.54) is 11.1 Å². The second kappa shape index (κ2) is 7.91. The smallest absolute Gasteiger partial charge is 0.254 e. The molecule has 0 saturated carbocycles. The molecule has 2 aromatic carbocycles. The first-order valence-electron chi connectivity index (χ1n) is 10.1. The van der Waals surface area contributed by atoms with Crippen LogP contribution in [0.4, 0.5) is 0 Å². The van der Waals surface area contributed by atoms with Gasteiger partial charge in [0, 0.05) is 36.4 Å². The summed E-state index contributed by atoms with van der Waals surface area (Å²) in [4.78, 5) is 24.3. The lowest BCUT2D eigenvalue weighted by atomic mass is 9.98. The molecule has 0 N–H and O–H groups in total. The van der Waals surface area contributed by atoms with Crippen LogP contribution in [0.1, 0.15) is 22.3 Å². The van der Waals surface area contributed by atoms with Crippen LogP contribution in [0, 0.1) is 0 Å². The van der Waals surface area contributed by atoms with Crippen molar-refractivity contribution in [3.63, 3.8) is 0 Å². The Labute approximate surface area is 175 Å². The second-order valence-corrected chi connectivity index (χ2v) is 7.40. The summed E-state index contributed by atoms with van der Waals surface area (Å²) in [5.41, 5.74) is 5.80. The van der Waals surface area contributed by atoms with Crippen LogP contribution in [0.15, 0.2) is 91.3 Å². The molecular formula is C26H21N3O. The lowest BCUT2D eigenvalue weighted by Crippen LogP contribution is -2.34. The fourth-order valence-corrected chi connectivity index (χ4v) is 3.96. The van der Waals surface area contributed by atoms with Gasteiger partial charge < -0.3 is 4.90 Å². The quantitative estimate of drug-likeness (QED) is 0.481. The van der Waals surface area contributed by atoms with Crippen LogP contribution in [-0.4, -0.2) is 33.9 Å². The maximum atomic E-state index is 13.5. The van der Waals surface area contributed by atoms with E-state index in [2.05, 4.69) is 35.3 Å². The minimum absolute atomic E-state index is 0.0484. The van der Waals surface area contributed by atoms with Gasteiger partial charge in [0.15, 0.2) is 0 Å². The minimum atomic E-state index is 0.0484. The van der Waals surface area contributed by atoms with Crippen molar-refractivity contribution in [1.82, 2.24) is 14.9 Å². The number of hydrogen-bond donors (Lipinski definition) is 0. The molecule has 1 aliphatic rings. The van der Waals surface area contributed by atoms with Gasteiger partial charge in [-0.1, -0.05) is 54.6 Å². The zero-order valence-electron chi connectivity index (χ0n) is 16.5. The highest BCUT2D eigenvalue weighted by Crippen LogP contribution is 2.28. The number of pyridine rings is 2. The molecule has 146 valence electrons. The Morgan fingerprint density at radius 1 is 0.867 bits per heavy atom.